The molecular formula is C27H26O. The second-order valence-electron chi connectivity index (χ2n) is 6.92. The molecule has 1 unspecified atom stereocenters. The minimum atomic E-state index is 0.0124. The van der Waals surface area contributed by atoms with E-state index in [0.29, 0.717) is 0 Å². The topological polar surface area (TPSA) is 9.23 Å². The van der Waals surface area contributed by atoms with E-state index in [-0.39, 0.29) is 12.2 Å². The number of rotatable bonds is 6. The fourth-order valence-electron chi connectivity index (χ4n) is 3.01. The number of hydrogen-bond donors (Lipinski definition) is 0. The van der Waals surface area contributed by atoms with Crippen molar-refractivity contribution in [2.75, 3.05) is 0 Å². The highest BCUT2D eigenvalue weighted by molar-refractivity contribution is 5.79. The Morgan fingerprint density at radius 3 is 2.00 bits per heavy atom. The summed E-state index contributed by atoms with van der Waals surface area (Å²) in [6.45, 7) is 4.15. The van der Waals surface area contributed by atoms with Gasteiger partial charge in [0.25, 0.3) is 0 Å². The summed E-state index contributed by atoms with van der Waals surface area (Å²) in [5, 5.41) is 0. The first-order chi connectivity index (χ1) is 13.7. The Bertz CT molecular complexity index is 929. The molecule has 1 heteroatoms. The van der Waals surface area contributed by atoms with E-state index in [2.05, 4.69) is 68.2 Å². The molecule has 0 bridgehead atoms. The fraction of sp³-hybridized carbons (Fsp3) is 0.185. The molecule has 0 radical (unpaired) electrons. The molecule has 0 saturated carbocycles. The molecule has 0 aliphatic heterocycles. The Hall–Kier alpha value is -3.08. The molecule has 3 aromatic carbocycles. The molecule has 0 spiro atoms. The van der Waals surface area contributed by atoms with Gasteiger partial charge in [0.05, 0.1) is 12.2 Å². The minimum absolute atomic E-state index is 0.0124. The van der Waals surface area contributed by atoms with Crippen LogP contribution in [0.25, 0.3) is 5.57 Å². The van der Waals surface area contributed by atoms with E-state index < -0.39 is 0 Å². The second kappa shape index (κ2) is 10.3. The zero-order chi connectivity index (χ0) is 19.6. The van der Waals surface area contributed by atoms with Gasteiger partial charge in [-0.3, -0.25) is 0 Å². The van der Waals surface area contributed by atoms with Gasteiger partial charge >= 0.3 is 0 Å². The molecular weight excluding hydrogens is 340 g/mol. The van der Waals surface area contributed by atoms with Gasteiger partial charge in [-0.2, -0.15) is 0 Å². The highest BCUT2D eigenvalue weighted by Crippen LogP contribution is 2.25. The van der Waals surface area contributed by atoms with Crippen molar-refractivity contribution in [3.05, 3.63) is 114 Å². The summed E-state index contributed by atoms with van der Waals surface area (Å²) in [6, 6.07) is 30.8. The van der Waals surface area contributed by atoms with Gasteiger partial charge < -0.3 is 4.74 Å². The van der Waals surface area contributed by atoms with Gasteiger partial charge in [0.2, 0.25) is 0 Å². The Morgan fingerprint density at radius 1 is 0.821 bits per heavy atom. The molecule has 0 heterocycles. The van der Waals surface area contributed by atoms with Crippen LogP contribution in [0, 0.1) is 11.8 Å². The molecule has 0 aliphatic rings. The van der Waals surface area contributed by atoms with Gasteiger partial charge in [-0.1, -0.05) is 96.8 Å². The molecule has 28 heavy (non-hydrogen) atoms. The van der Waals surface area contributed by atoms with Gasteiger partial charge in [0.1, 0.15) is 0 Å². The lowest BCUT2D eigenvalue weighted by Gasteiger charge is -2.20. The molecule has 3 aromatic rings. The van der Waals surface area contributed by atoms with Crippen molar-refractivity contribution in [1.29, 1.82) is 0 Å². The lowest BCUT2D eigenvalue weighted by atomic mass is 10.0. The lowest BCUT2D eigenvalue weighted by molar-refractivity contribution is 0.00845. The third-order valence-electron chi connectivity index (χ3n) is 4.34. The molecule has 0 saturated heterocycles. The van der Waals surface area contributed by atoms with Crippen LogP contribution in [0.4, 0.5) is 0 Å². The van der Waals surface area contributed by atoms with Crippen molar-refractivity contribution in [3.63, 3.8) is 0 Å². The normalized spacial score (nSPS) is 12.3. The number of benzene rings is 3. The maximum Gasteiger partial charge on any atom is 0.0863 e. The smallest absolute Gasteiger partial charge is 0.0863 e. The average molecular weight is 367 g/mol. The van der Waals surface area contributed by atoms with E-state index in [1.807, 2.05) is 54.6 Å². The number of allylic oxidation sites excluding steroid dienone is 1. The lowest BCUT2D eigenvalue weighted by Crippen LogP contribution is -2.10. The largest absolute Gasteiger partial charge is 0.371 e. The zero-order valence-electron chi connectivity index (χ0n) is 16.5. The van der Waals surface area contributed by atoms with Crippen molar-refractivity contribution in [3.8, 4) is 11.8 Å². The van der Waals surface area contributed by atoms with E-state index in [4.69, 9.17) is 4.74 Å². The Kier molecular flexibility index (Phi) is 7.24. The monoisotopic (exact) mass is 366 g/mol. The molecule has 0 amide bonds. The summed E-state index contributed by atoms with van der Waals surface area (Å²) in [5.41, 5.74) is 4.36. The predicted octanol–water partition coefficient (Wildman–Crippen LogP) is 6.68. The van der Waals surface area contributed by atoms with Crippen LogP contribution >= 0.6 is 0 Å². The summed E-state index contributed by atoms with van der Waals surface area (Å²) >= 11 is 0. The van der Waals surface area contributed by atoms with E-state index in [9.17, 15) is 0 Å². The van der Waals surface area contributed by atoms with E-state index in [1.54, 1.807) is 0 Å². The predicted molar refractivity (Wildman–Crippen MR) is 118 cm³/mol. The standard InChI is InChI=1S/C27H26O/c1-22(2)28-27(26-16-10-5-11-17-26)21-20-25(24-14-8-4-9-15-24)19-18-23-12-6-3-7-13-23/h3-17,20,22,27H,21H2,1-2H3/b25-20+. The summed E-state index contributed by atoms with van der Waals surface area (Å²) in [5.74, 6) is 6.66. The number of ether oxygens (including phenoxy) is 1. The van der Waals surface area contributed by atoms with Crippen molar-refractivity contribution in [2.24, 2.45) is 0 Å². The summed E-state index contributed by atoms with van der Waals surface area (Å²) in [4.78, 5) is 0. The maximum atomic E-state index is 6.19. The Balaban J connectivity index is 1.90. The van der Waals surface area contributed by atoms with Gasteiger partial charge in [-0.15, -0.1) is 0 Å². The van der Waals surface area contributed by atoms with Crippen LogP contribution in [-0.2, 0) is 4.74 Å². The first-order valence-electron chi connectivity index (χ1n) is 9.75. The highest BCUT2D eigenvalue weighted by atomic mass is 16.5. The van der Waals surface area contributed by atoms with E-state index in [0.717, 1.165) is 23.1 Å². The van der Waals surface area contributed by atoms with Crippen LogP contribution in [0.1, 0.15) is 43.1 Å². The molecule has 1 atom stereocenters. The first kappa shape index (κ1) is 19.7. The molecule has 0 N–H and O–H groups in total. The van der Waals surface area contributed by atoms with Gasteiger partial charge in [-0.05, 0) is 43.5 Å². The zero-order valence-corrected chi connectivity index (χ0v) is 16.5. The summed E-state index contributed by atoms with van der Waals surface area (Å²) in [6.07, 6.45) is 3.15. The fourth-order valence-corrected chi connectivity index (χ4v) is 3.01. The van der Waals surface area contributed by atoms with Crippen LogP contribution in [-0.4, -0.2) is 6.10 Å². The van der Waals surface area contributed by atoms with E-state index >= 15 is 0 Å². The summed E-state index contributed by atoms with van der Waals surface area (Å²) < 4.78 is 6.19. The average Bonchev–Trinajstić information content (AvgIpc) is 2.74. The van der Waals surface area contributed by atoms with Crippen molar-refractivity contribution in [1.82, 2.24) is 0 Å². The molecule has 3 rings (SSSR count). The van der Waals surface area contributed by atoms with Crippen molar-refractivity contribution in [2.45, 2.75) is 32.5 Å². The molecule has 0 aromatic heterocycles. The van der Waals surface area contributed by atoms with E-state index in [1.165, 1.54) is 5.56 Å². The van der Waals surface area contributed by atoms with Gasteiger partial charge in [-0.25, -0.2) is 0 Å². The van der Waals surface area contributed by atoms with Crippen molar-refractivity contribution >= 4 is 5.57 Å². The third kappa shape index (κ3) is 5.98. The quantitative estimate of drug-likeness (QED) is 0.442. The molecule has 0 aliphatic carbocycles. The van der Waals surface area contributed by atoms with Crippen LogP contribution in [0.5, 0.6) is 0 Å². The Morgan fingerprint density at radius 2 is 1.39 bits per heavy atom. The minimum Gasteiger partial charge on any atom is -0.371 e. The molecule has 1 nitrogen and oxygen atoms in total. The third-order valence-corrected chi connectivity index (χ3v) is 4.34. The van der Waals surface area contributed by atoms with Crippen molar-refractivity contribution < 1.29 is 4.74 Å². The molecule has 140 valence electrons. The van der Waals surface area contributed by atoms with Crippen LogP contribution in [0.3, 0.4) is 0 Å². The summed E-state index contributed by atoms with van der Waals surface area (Å²) in [7, 11) is 0. The number of hydrogen-bond acceptors (Lipinski definition) is 1. The second-order valence-corrected chi connectivity index (χ2v) is 6.92. The van der Waals surface area contributed by atoms with Crippen LogP contribution in [0.15, 0.2) is 97.1 Å². The SMILES string of the molecule is CC(C)OC(C/C=C(\C#Cc1ccccc1)c1ccccc1)c1ccccc1. The van der Waals surface area contributed by atoms with Crippen LogP contribution in [0.2, 0.25) is 0 Å². The Labute approximate surface area is 168 Å². The maximum absolute atomic E-state index is 6.19. The first-order valence-corrected chi connectivity index (χ1v) is 9.75. The highest BCUT2D eigenvalue weighted by Gasteiger charge is 2.13. The van der Waals surface area contributed by atoms with Gasteiger partial charge in [0, 0.05) is 11.1 Å². The van der Waals surface area contributed by atoms with Gasteiger partial charge in [0.15, 0.2) is 0 Å². The van der Waals surface area contributed by atoms with Crippen LogP contribution < -0.4 is 0 Å². The molecule has 0 fully saturated rings.